The topological polar surface area (TPSA) is 24.1 Å². The molecule has 0 spiro atoms. The molecule has 0 unspecified atom stereocenters. The Morgan fingerprint density at radius 1 is 1.04 bits per heavy atom. The first-order valence-corrected chi connectivity index (χ1v) is 9.06. The number of aryl methyl sites for hydroxylation is 2. The average molecular weight is 341 g/mol. The summed E-state index contributed by atoms with van der Waals surface area (Å²) in [7, 11) is 0. The zero-order valence-electron chi connectivity index (χ0n) is 15.3. The lowest BCUT2D eigenvalue weighted by molar-refractivity contribution is 0.625. The summed E-state index contributed by atoms with van der Waals surface area (Å²) in [5, 5.41) is 7.41. The molecule has 2 aromatic carbocycles. The van der Waals surface area contributed by atoms with E-state index in [-0.39, 0.29) is 6.04 Å². The first-order chi connectivity index (χ1) is 11.4. The van der Waals surface area contributed by atoms with Crippen LogP contribution in [0.4, 0.5) is 5.69 Å². The Morgan fingerprint density at radius 3 is 2.25 bits per heavy atom. The molecule has 0 radical (unpaired) electrons. The van der Waals surface area contributed by atoms with Crippen LogP contribution in [-0.2, 0) is 0 Å². The summed E-state index contributed by atoms with van der Waals surface area (Å²) in [5.41, 5.74) is 6.26. The molecule has 0 aliphatic carbocycles. The molecule has 128 valence electrons. The number of thiocarbonyl (C=S) groups is 1. The van der Waals surface area contributed by atoms with Crippen molar-refractivity contribution in [1.82, 2.24) is 5.32 Å². The standard InChI is InChI=1S/C21H28N2S/c1-6-20(19-12-7-15(4)13-16(19)5)23-21(24)22-18-10-8-17(9-11-18)14(2)3/h7-14,20H,6H2,1-5H3,(H2,22,23,24)/t20-/m1/s1. The van der Waals surface area contributed by atoms with E-state index >= 15 is 0 Å². The summed E-state index contributed by atoms with van der Waals surface area (Å²) in [6.07, 6.45) is 0.984. The second kappa shape index (κ2) is 8.29. The summed E-state index contributed by atoms with van der Waals surface area (Å²) in [4.78, 5) is 0. The molecule has 0 saturated carbocycles. The van der Waals surface area contributed by atoms with Gasteiger partial charge in [-0.05, 0) is 67.2 Å². The van der Waals surface area contributed by atoms with Crippen LogP contribution in [0.1, 0.15) is 61.4 Å². The van der Waals surface area contributed by atoms with Crippen molar-refractivity contribution in [3.63, 3.8) is 0 Å². The van der Waals surface area contributed by atoms with Gasteiger partial charge >= 0.3 is 0 Å². The molecular weight excluding hydrogens is 312 g/mol. The number of rotatable bonds is 5. The van der Waals surface area contributed by atoms with E-state index < -0.39 is 0 Å². The molecule has 0 aliphatic heterocycles. The van der Waals surface area contributed by atoms with Gasteiger partial charge in [0, 0.05) is 5.69 Å². The van der Waals surface area contributed by atoms with Crippen LogP contribution in [0.3, 0.4) is 0 Å². The van der Waals surface area contributed by atoms with Crippen LogP contribution in [0.25, 0.3) is 0 Å². The summed E-state index contributed by atoms with van der Waals surface area (Å²) < 4.78 is 0. The summed E-state index contributed by atoms with van der Waals surface area (Å²) >= 11 is 5.51. The van der Waals surface area contributed by atoms with Gasteiger partial charge in [-0.2, -0.15) is 0 Å². The molecule has 0 bridgehead atoms. The van der Waals surface area contributed by atoms with Crippen LogP contribution < -0.4 is 10.6 Å². The molecular formula is C21H28N2S. The lowest BCUT2D eigenvalue weighted by Gasteiger charge is -2.22. The Kier molecular flexibility index (Phi) is 6.38. The Hall–Kier alpha value is -1.87. The fourth-order valence-corrected chi connectivity index (χ4v) is 3.15. The van der Waals surface area contributed by atoms with E-state index in [1.807, 2.05) is 0 Å². The highest BCUT2D eigenvalue weighted by molar-refractivity contribution is 7.80. The fraction of sp³-hybridized carbons (Fsp3) is 0.381. The number of hydrogen-bond acceptors (Lipinski definition) is 1. The van der Waals surface area contributed by atoms with Crippen molar-refractivity contribution in [2.24, 2.45) is 0 Å². The van der Waals surface area contributed by atoms with Gasteiger partial charge in [0.2, 0.25) is 0 Å². The van der Waals surface area contributed by atoms with Crippen molar-refractivity contribution < 1.29 is 0 Å². The van der Waals surface area contributed by atoms with Gasteiger partial charge in [0.25, 0.3) is 0 Å². The van der Waals surface area contributed by atoms with Gasteiger partial charge in [-0.1, -0.05) is 56.7 Å². The zero-order valence-corrected chi connectivity index (χ0v) is 16.1. The third kappa shape index (κ3) is 4.81. The molecule has 0 amide bonds. The van der Waals surface area contributed by atoms with Crippen molar-refractivity contribution in [3.8, 4) is 0 Å². The quantitative estimate of drug-likeness (QED) is 0.666. The maximum Gasteiger partial charge on any atom is 0.171 e. The van der Waals surface area contributed by atoms with Crippen molar-refractivity contribution >= 4 is 23.0 Å². The van der Waals surface area contributed by atoms with Crippen LogP contribution >= 0.6 is 12.2 Å². The van der Waals surface area contributed by atoms with E-state index in [9.17, 15) is 0 Å². The molecule has 0 heterocycles. The molecule has 0 fully saturated rings. The SMILES string of the molecule is CC[C@@H](NC(=S)Nc1ccc(C(C)C)cc1)c1ccc(C)cc1C. The molecule has 2 N–H and O–H groups in total. The van der Waals surface area contributed by atoms with E-state index in [2.05, 4.69) is 87.7 Å². The van der Waals surface area contributed by atoms with E-state index in [1.165, 1.54) is 22.3 Å². The van der Waals surface area contributed by atoms with E-state index in [1.54, 1.807) is 0 Å². The zero-order chi connectivity index (χ0) is 17.7. The third-order valence-corrected chi connectivity index (χ3v) is 4.57. The normalized spacial score (nSPS) is 12.1. The van der Waals surface area contributed by atoms with E-state index in [0.717, 1.165) is 12.1 Å². The van der Waals surface area contributed by atoms with Crippen LogP contribution in [0.5, 0.6) is 0 Å². The predicted octanol–water partition coefficient (Wildman–Crippen LogP) is 5.86. The summed E-state index contributed by atoms with van der Waals surface area (Å²) in [5.74, 6) is 0.540. The van der Waals surface area contributed by atoms with Crippen molar-refractivity contribution in [2.45, 2.75) is 53.0 Å². The van der Waals surface area contributed by atoms with Gasteiger partial charge in [-0.25, -0.2) is 0 Å². The molecule has 2 aromatic rings. The molecule has 0 saturated heterocycles. The van der Waals surface area contributed by atoms with Gasteiger partial charge in [-0.3, -0.25) is 0 Å². The lowest BCUT2D eigenvalue weighted by atomic mass is 9.98. The first kappa shape index (κ1) is 18.5. The fourth-order valence-electron chi connectivity index (χ4n) is 2.89. The third-order valence-electron chi connectivity index (χ3n) is 4.35. The van der Waals surface area contributed by atoms with E-state index in [4.69, 9.17) is 12.2 Å². The van der Waals surface area contributed by atoms with Gasteiger partial charge in [0.05, 0.1) is 6.04 Å². The molecule has 0 aliphatic rings. The Morgan fingerprint density at radius 2 is 1.71 bits per heavy atom. The Balaban J connectivity index is 2.04. The first-order valence-electron chi connectivity index (χ1n) is 8.65. The molecule has 1 atom stereocenters. The summed E-state index contributed by atoms with van der Waals surface area (Å²) in [6.45, 7) is 10.9. The monoisotopic (exact) mass is 340 g/mol. The van der Waals surface area contributed by atoms with Crippen LogP contribution in [0, 0.1) is 13.8 Å². The van der Waals surface area contributed by atoms with Crippen molar-refractivity contribution in [3.05, 3.63) is 64.7 Å². The minimum Gasteiger partial charge on any atom is -0.356 e. The number of benzene rings is 2. The molecule has 2 nitrogen and oxygen atoms in total. The maximum absolute atomic E-state index is 5.51. The maximum atomic E-state index is 5.51. The predicted molar refractivity (Wildman–Crippen MR) is 109 cm³/mol. The Bertz CT molecular complexity index is 689. The number of hydrogen-bond donors (Lipinski definition) is 2. The van der Waals surface area contributed by atoms with Crippen molar-refractivity contribution in [2.75, 3.05) is 5.32 Å². The highest BCUT2D eigenvalue weighted by Gasteiger charge is 2.13. The summed E-state index contributed by atoms with van der Waals surface area (Å²) in [6, 6.07) is 15.3. The number of anilines is 1. The molecule has 24 heavy (non-hydrogen) atoms. The second-order valence-corrected chi connectivity index (χ2v) is 7.10. The van der Waals surface area contributed by atoms with Gasteiger partial charge in [-0.15, -0.1) is 0 Å². The van der Waals surface area contributed by atoms with E-state index in [0.29, 0.717) is 11.0 Å². The minimum atomic E-state index is 0.223. The van der Waals surface area contributed by atoms with Gasteiger partial charge in [0.15, 0.2) is 5.11 Å². The minimum absolute atomic E-state index is 0.223. The highest BCUT2D eigenvalue weighted by Crippen LogP contribution is 2.22. The number of nitrogens with one attached hydrogen (secondary N) is 2. The largest absolute Gasteiger partial charge is 0.356 e. The van der Waals surface area contributed by atoms with Gasteiger partial charge in [0.1, 0.15) is 0 Å². The molecule has 3 heteroatoms. The van der Waals surface area contributed by atoms with Crippen molar-refractivity contribution in [1.29, 1.82) is 0 Å². The molecule has 2 rings (SSSR count). The van der Waals surface area contributed by atoms with Crippen LogP contribution in [0.2, 0.25) is 0 Å². The smallest absolute Gasteiger partial charge is 0.171 e. The highest BCUT2D eigenvalue weighted by atomic mass is 32.1. The van der Waals surface area contributed by atoms with Crippen LogP contribution in [-0.4, -0.2) is 5.11 Å². The van der Waals surface area contributed by atoms with Crippen LogP contribution in [0.15, 0.2) is 42.5 Å². The molecule has 0 aromatic heterocycles. The lowest BCUT2D eigenvalue weighted by Crippen LogP contribution is -2.32. The Labute approximate surface area is 151 Å². The van der Waals surface area contributed by atoms with Gasteiger partial charge < -0.3 is 10.6 Å². The second-order valence-electron chi connectivity index (χ2n) is 6.70. The average Bonchev–Trinajstić information content (AvgIpc) is 2.53.